The fraction of sp³-hybridized carbons (Fsp3) is 0.467. The van der Waals surface area contributed by atoms with Gasteiger partial charge >= 0.3 is 0 Å². The molecule has 0 spiro atoms. The number of carbonyl (C=O) groups excluding carboxylic acids is 2. The number of ketones is 1. The lowest BCUT2D eigenvalue weighted by Crippen LogP contribution is -2.38. The largest absolute Gasteiger partial charge is 0.507 e. The first-order valence-electron chi connectivity index (χ1n) is 13.5. The Morgan fingerprint density at radius 1 is 1.00 bits per heavy atom. The molecule has 0 bridgehead atoms. The minimum atomic E-state index is -0.779. The smallest absolute Gasteiger partial charge is 0.295 e. The number of carbonyl (C=O) groups is 2. The maximum atomic E-state index is 13.4. The normalized spacial score (nSPS) is 19.4. The third-order valence-electron chi connectivity index (χ3n) is 7.11. The summed E-state index contributed by atoms with van der Waals surface area (Å²) >= 11 is 0. The number of amides is 1. The number of ether oxygens (including phenoxy) is 4. The van der Waals surface area contributed by atoms with Crippen LogP contribution < -0.4 is 14.2 Å². The van der Waals surface area contributed by atoms with Crippen LogP contribution in [0.2, 0.25) is 0 Å². The zero-order valence-electron chi connectivity index (χ0n) is 23.0. The van der Waals surface area contributed by atoms with Crippen LogP contribution in [0.4, 0.5) is 0 Å². The van der Waals surface area contributed by atoms with Crippen molar-refractivity contribution in [1.82, 2.24) is 9.80 Å². The van der Waals surface area contributed by atoms with E-state index in [9.17, 15) is 14.7 Å². The van der Waals surface area contributed by atoms with Gasteiger partial charge in [0.15, 0.2) is 11.5 Å². The van der Waals surface area contributed by atoms with Gasteiger partial charge in [0.1, 0.15) is 11.5 Å². The monoisotopic (exact) mass is 538 g/mol. The van der Waals surface area contributed by atoms with E-state index in [0.717, 1.165) is 32.5 Å². The molecule has 1 N–H and O–H groups in total. The predicted molar refractivity (Wildman–Crippen MR) is 147 cm³/mol. The van der Waals surface area contributed by atoms with Crippen molar-refractivity contribution in [2.75, 3.05) is 60.2 Å². The molecule has 1 unspecified atom stereocenters. The van der Waals surface area contributed by atoms with E-state index in [1.54, 1.807) is 48.4 Å². The summed E-state index contributed by atoms with van der Waals surface area (Å²) in [6.07, 6.45) is 2.59. The molecule has 9 heteroatoms. The molecule has 2 aromatic rings. The highest BCUT2D eigenvalue weighted by molar-refractivity contribution is 6.46. The standard InChI is InChI=1S/C30H38N2O7/c1-4-5-16-39-23-9-6-8-22(19-23)28(33)26-27(21-10-11-24(36-2)25(20-21)37-3)32(30(35)29(26)34)13-7-12-31-14-17-38-18-15-31/h6,8-11,19-20,27,33H,4-5,7,12-18H2,1-3H3/b28-26+. The van der Waals surface area contributed by atoms with Crippen molar-refractivity contribution in [1.29, 1.82) is 0 Å². The lowest BCUT2D eigenvalue weighted by atomic mass is 9.95. The Morgan fingerprint density at radius 2 is 1.77 bits per heavy atom. The van der Waals surface area contributed by atoms with Gasteiger partial charge in [-0.1, -0.05) is 31.5 Å². The summed E-state index contributed by atoms with van der Waals surface area (Å²) in [4.78, 5) is 30.6. The SMILES string of the molecule is CCCCOc1cccc(/C(O)=C2\C(=O)C(=O)N(CCCN3CCOCC3)C2c2ccc(OC)c(OC)c2)c1. The Balaban J connectivity index is 1.70. The Kier molecular flexibility index (Phi) is 9.84. The number of morpholine rings is 1. The number of benzene rings is 2. The van der Waals surface area contributed by atoms with Gasteiger partial charge in [0.25, 0.3) is 11.7 Å². The molecular weight excluding hydrogens is 500 g/mol. The van der Waals surface area contributed by atoms with Gasteiger partial charge in [0, 0.05) is 31.7 Å². The Bertz CT molecular complexity index is 1190. The van der Waals surface area contributed by atoms with Crippen molar-refractivity contribution in [3.05, 3.63) is 59.2 Å². The number of aliphatic hydroxyl groups excluding tert-OH is 1. The van der Waals surface area contributed by atoms with Crippen molar-refractivity contribution in [3.8, 4) is 17.2 Å². The molecule has 2 heterocycles. The number of hydrogen-bond donors (Lipinski definition) is 1. The Hall–Kier alpha value is -3.56. The van der Waals surface area contributed by atoms with Gasteiger partial charge in [-0.15, -0.1) is 0 Å². The molecule has 9 nitrogen and oxygen atoms in total. The summed E-state index contributed by atoms with van der Waals surface area (Å²) in [5.41, 5.74) is 1.11. The van der Waals surface area contributed by atoms with E-state index in [2.05, 4.69) is 11.8 Å². The molecule has 0 saturated carbocycles. The average Bonchev–Trinajstić information content (AvgIpc) is 3.22. The topological polar surface area (TPSA) is 97.8 Å². The Labute approximate surface area is 229 Å². The summed E-state index contributed by atoms with van der Waals surface area (Å²) in [5, 5.41) is 11.5. The van der Waals surface area contributed by atoms with Crippen molar-refractivity contribution < 1.29 is 33.6 Å². The van der Waals surface area contributed by atoms with Crippen LogP contribution in [0.3, 0.4) is 0 Å². The fourth-order valence-corrected chi connectivity index (χ4v) is 4.99. The van der Waals surface area contributed by atoms with E-state index in [1.807, 2.05) is 6.07 Å². The highest BCUT2D eigenvalue weighted by atomic mass is 16.5. The number of Topliss-reactive ketones (excluding diaryl/α,β-unsaturated/α-hetero) is 1. The maximum absolute atomic E-state index is 13.4. The summed E-state index contributed by atoms with van der Waals surface area (Å²) in [6.45, 7) is 6.84. The summed E-state index contributed by atoms with van der Waals surface area (Å²) in [6, 6.07) is 11.5. The fourth-order valence-electron chi connectivity index (χ4n) is 4.99. The number of likely N-dealkylation sites (tertiary alicyclic amines) is 1. The van der Waals surface area contributed by atoms with E-state index in [0.29, 0.717) is 61.2 Å². The highest BCUT2D eigenvalue weighted by Gasteiger charge is 2.46. The van der Waals surface area contributed by atoms with Gasteiger partial charge in [-0.3, -0.25) is 14.5 Å². The van der Waals surface area contributed by atoms with Crippen LogP contribution in [0.5, 0.6) is 17.2 Å². The number of aliphatic hydroxyl groups is 1. The van der Waals surface area contributed by atoms with Gasteiger partial charge in [-0.25, -0.2) is 0 Å². The quantitative estimate of drug-likeness (QED) is 0.187. The van der Waals surface area contributed by atoms with Crippen LogP contribution in [0.15, 0.2) is 48.0 Å². The zero-order chi connectivity index (χ0) is 27.8. The highest BCUT2D eigenvalue weighted by Crippen LogP contribution is 2.42. The van der Waals surface area contributed by atoms with Crippen LogP contribution in [0.1, 0.15) is 43.4 Å². The molecule has 39 heavy (non-hydrogen) atoms. The van der Waals surface area contributed by atoms with Crippen molar-refractivity contribution in [2.45, 2.75) is 32.2 Å². The minimum Gasteiger partial charge on any atom is -0.507 e. The summed E-state index contributed by atoms with van der Waals surface area (Å²) in [7, 11) is 3.08. The molecule has 4 rings (SSSR count). The van der Waals surface area contributed by atoms with Gasteiger partial charge in [-0.2, -0.15) is 0 Å². The Morgan fingerprint density at radius 3 is 2.49 bits per heavy atom. The second kappa shape index (κ2) is 13.5. The van der Waals surface area contributed by atoms with E-state index < -0.39 is 17.7 Å². The van der Waals surface area contributed by atoms with Gasteiger partial charge in [0.05, 0.1) is 45.7 Å². The second-order valence-electron chi connectivity index (χ2n) is 9.64. The van der Waals surface area contributed by atoms with Crippen LogP contribution in [-0.2, 0) is 14.3 Å². The first-order valence-corrected chi connectivity index (χ1v) is 13.5. The van der Waals surface area contributed by atoms with Crippen molar-refractivity contribution >= 4 is 17.4 Å². The van der Waals surface area contributed by atoms with Crippen molar-refractivity contribution in [2.24, 2.45) is 0 Å². The molecular formula is C30H38N2O7. The zero-order valence-corrected chi connectivity index (χ0v) is 23.0. The number of nitrogens with zero attached hydrogens (tertiary/aromatic N) is 2. The molecule has 210 valence electrons. The van der Waals surface area contributed by atoms with Gasteiger partial charge in [-0.05, 0) is 42.7 Å². The third kappa shape index (κ3) is 6.54. The van der Waals surface area contributed by atoms with E-state index >= 15 is 0 Å². The molecule has 2 aliphatic rings. The van der Waals surface area contributed by atoms with E-state index in [1.165, 1.54) is 7.11 Å². The molecule has 1 atom stereocenters. The molecule has 0 aliphatic carbocycles. The lowest BCUT2D eigenvalue weighted by Gasteiger charge is -2.29. The predicted octanol–water partition coefficient (Wildman–Crippen LogP) is 4.03. The molecule has 2 aromatic carbocycles. The number of unbranched alkanes of at least 4 members (excludes halogenated alkanes) is 1. The first-order chi connectivity index (χ1) is 19.0. The summed E-state index contributed by atoms with van der Waals surface area (Å²) < 4.78 is 22.1. The second-order valence-corrected chi connectivity index (χ2v) is 9.64. The molecule has 2 aliphatic heterocycles. The van der Waals surface area contributed by atoms with Gasteiger partial charge < -0.3 is 29.0 Å². The van der Waals surface area contributed by atoms with Crippen LogP contribution in [-0.4, -0.2) is 86.8 Å². The lowest BCUT2D eigenvalue weighted by molar-refractivity contribution is -0.140. The third-order valence-corrected chi connectivity index (χ3v) is 7.11. The first kappa shape index (κ1) is 28.4. The molecule has 2 fully saturated rings. The van der Waals surface area contributed by atoms with E-state index in [-0.39, 0.29) is 11.3 Å². The van der Waals surface area contributed by atoms with Gasteiger partial charge in [0.2, 0.25) is 0 Å². The molecule has 0 aromatic heterocycles. The van der Waals surface area contributed by atoms with E-state index in [4.69, 9.17) is 18.9 Å². The molecule has 2 saturated heterocycles. The van der Waals surface area contributed by atoms with Crippen LogP contribution in [0.25, 0.3) is 5.76 Å². The maximum Gasteiger partial charge on any atom is 0.295 e. The number of hydrogen-bond acceptors (Lipinski definition) is 8. The minimum absolute atomic E-state index is 0.0456. The van der Waals surface area contributed by atoms with Crippen molar-refractivity contribution in [3.63, 3.8) is 0 Å². The summed E-state index contributed by atoms with van der Waals surface area (Å²) in [5.74, 6) is 0.0203. The average molecular weight is 539 g/mol. The van der Waals surface area contributed by atoms with Crippen LogP contribution in [0, 0.1) is 0 Å². The number of rotatable bonds is 12. The number of methoxy groups -OCH3 is 2. The molecule has 1 amide bonds. The molecule has 0 radical (unpaired) electrons. The van der Waals surface area contributed by atoms with Crippen LogP contribution >= 0.6 is 0 Å².